The van der Waals surface area contributed by atoms with E-state index in [1.807, 2.05) is 27.4 Å². The summed E-state index contributed by atoms with van der Waals surface area (Å²) in [6.45, 7) is 15.5. The normalized spacial score (nSPS) is 12.6. The molecule has 0 N–H and O–H groups in total. The first kappa shape index (κ1) is 34.1. The van der Waals surface area contributed by atoms with Crippen LogP contribution in [0.5, 0.6) is 5.88 Å². The first-order chi connectivity index (χ1) is 23.0. The highest BCUT2D eigenvalue weighted by atomic mass is 35.5. The van der Waals surface area contributed by atoms with Gasteiger partial charge in [-0.2, -0.15) is 9.97 Å². The predicted octanol–water partition coefficient (Wildman–Crippen LogP) is 7.67. The number of pyridine rings is 1. The molecule has 0 aliphatic rings. The summed E-state index contributed by atoms with van der Waals surface area (Å²) in [5.41, 5.74) is 3.43. The molecule has 0 amide bonds. The maximum absolute atomic E-state index is 7.09. The first-order valence-corrected chi connectivity index (χ1v) is 22.4. The zero-order valence-corrected chi connectivity index (χ0v) is 31.4. The van der Waals surface area contributed by atoms with Crippen molar-refractivity contribution in [3.05, 3.63) is 103 Å². The highest BCUT2D eigenvalue weighted by Gasteiger charge is 2.50. The predicted molar refractivity (Wildman–Crippen MR) is 200 cm³/mol. The van der Waals surface area contributed by atoms with Gasteiger partial charge >= 0.3 is 0 Å². The number of fused-ring (bicyclic) bond motifs is 2. The molecule has 8 nitrogen and oxygen atoms in total. The summed E-state index contributed by atoms with van der Waals surface area (Å²) in [5, 5.41) is 3.19. The fourth-order valence-electron chi connectivity index (χ4n) is 6.27. The van der Waals surface area contributed by atoms with Crippen molar-refractivity contribution in [2.45, 2.75) is 58.2 Å². The van der Waals surface area contributed by atoms with E-state index in [1.54, 1.807) is 6.20 Å². The molecule has 250 valence electrons. The summed E-state index contributed by atoms with van der Waals surface area (Å²) in [7, 11) is -3.97. The van der Waals surface area contributed by atoms with E-state index >= 15 is 0 Å². The van der Waals surface area contributed by atoms with Crippen LogP contribution in [0.2, 0.25) is 36.0 Å². The van der Waals surface area contributed by atoms with E-state index in [9.17, 15) is 0 Å². The van der Waals surface area contributed by atoms with Crippen LogP contribution in [-0.4, -0.2) is 60.1 Å². The number of ether oxygens (including phenoxy) is 2. The third-order valence-corrected chi connectivity index (χ3v) is 15.6. The smallest absolute Gasteiger partial charge is 0.261 e. The lowest BCUT2D eigenvalue weighted by molar-refractivity contribution is 0.0899. The molecule has 0 saturated carbocycles. The van der Waals surface area contributed by atoms with Gasteiger partial charge in [0.15, 0.2) is 5.65 Å². The van der Waals surface area contributed by atoms with Crippen molar-refractivity contribution in [3.8, 4) is 17.0 Å². The van der Waals surface area contributed by atoms with E-state index in [0.29, 0.717) is 31.5 Å². The van der Waals surface area contributed by atoms with Crippen molar-refractivity contribution in [1.82, 2.24) is 23.9 Å². The third-order valence-electron chi connectivity index (χ3n) is 8.64. The highest BCUT2D eigenvalue weighted by Crippen LogP contribution is 2.38. The number of rotatable bonds is 13. The minimum atomic E-state index is -2.73. The molecule has 2 aromatic carbocycles. The molecule has 0 fully saturated rings. The van der Waals surface area contributed by atoms with Crippen LogP contribution in [0.15, 0.2) is 97.6 Å². The molecule has 0 saturated heterocycles. The monoisotopic (exact) mass is 697 g/mol. The van der Waals surface area contributed by atoms with Gasteiger partial charge in [0.1, 0.15) is 19.0 Å². The SMILES string of the molecule is CC(C)(C)[Si](OCCOc1nc(Cl)nc2c1c(-c1ccc3nccn3c1)cn2COCC[Si](C)(C)C)(c1ccccc1)c1ccccc1. The number of hydrogen-bond donors (Lipinski definition) is 0. The van der Waals surface area contributed by atoms with E-state index < -0.39 is 16.4 Å². The van der Waals surface area contributed by atoms with Crippen LogP contribution < -0.4 is 15.1 Å². The first-order valence-electron chi connectivity index (χ1n) is 16.4. The van der Waals surface area contributed by atoms with E-state index in [2.05, 4.69) is 128 Å². The van der Waals surface area contributed by atoms with Gasteiger partial charge in [0.25, 0.3) is 8.32 Å². The quantitative estimate of drug-likeness (QED) is 0.0701. The van der Waals surface area contributed by atoms with Crippen molar-refractivity contribution >= 4 is 55.0 Å². The summed E-state index contributed by atoms with van der Waals surface area (Å²) in [6.07, 6.45) is 7.83. The van der Waals surface area contributed by atoms with E-state index in [-0.39, 0.29) is 16.9 Å². The van der Waals surface area contributed by atoms with Crippen LogP contribution in [0.25, 0.3) is 27.8 Å². The number of halogens is 1. The number of aromatic nitrogens is 5. The third kappa shape index (κ3) is 7.13. The minimum absolute atomic E-state index is 0.114. The largest absolute Gasteiger partial charge is 0.475 e. The van der Waals surface area contributed by atoms with Crippen LogP contribution in [0.1, 0.15) is 20.8 Å². The number of imidazole rings is 1. The molecule has 0 unspecified atom stereocenters. The zero-order valence-electron chi connectivity index (χ0n) is 28.6. The fourth-order valence-corrected chi connectivity index (χ4v) is 11.7. The molecule has 0 aliphatic carbocycles. The van der Waals surface area contributed by atoms with Crippen LogP contribution in [0.4, 0.5) is 0 Å². The second kappa shape index (κ2) is 14.0. The van der Waals surface area contributed by atoms with Crippen molar-refractivity contribution in [3.63, 3.8) is 0 Å². The van der Waals surface area contributed by atoms with Crippen molar-refractivity contribution < 1.29 is 13.9 Å². The van der Waals surface area contributed by atoms with Gasteiger partial charge in [-0.25, -0.2) is 4.98 Å². The van der Waals surface area contributed by atoms with Gasteiger partial charge in [0.05, 0.1) is 12.0 Å². The topological polar surface area (TPSA) is 75.7 Å². The molecular formula is C37H44ClN5O3Si2. The number of benzene rings is 2. The molecule has 0 atom stereocenters. The molecule has 0 aliphatic heterocycles. The average molecular weight is 698 g/mol. The lowest BCUT2D eigenvalue weighted by Crippen LogP contribution is -2.66. The highest BCUT2D eigenvalue weighted by molar-refractivity contribution is 6.99. The molecule has 11 heteroatoms. The van der Waals surface area contributed by atoms with Gasteiger partial charge in [-0.3, -0.25) is 0 Å². The van der Waals surface area contributed by atoms with Crippen LogP contribution >= 0.6 is 11.6 Å². The molecule has 0 spiro atoms. The zero-order chi connectivity index (χ0) is 33.9. The molecular weight excluding hydrogens is 654 g/mol. The molecule has 0 radical (unpaired) electrons. The summed E-state index contributed by atoms with van der Waals surface area (Å²) >= 11 is 6.55. The maximum atomic E-state index is 7.09. The van der Waals surface area contributed by atoms with Gasteiger partial charge < -0.3 is 22.9 Å². The van der Waals surface area contributed by atoms with Crippen molar-refractivity contribution in [2.24, 2.45) is 0 Å². The Morgan fingerprint density at radius 3 is 2.15 bits per heavy atom. The summed E-state index contributed by atoms with van der Waals surface area (Å²) < 4.78 is 23.7. The van der Waals surface area contributed by atoms with Crippen molar-refractivity contribution in [1.29, 1.82) is 0 Å². The average Bonchev–Trinajstić information content (AvgIpc) is 3.67. The Bertz CT molecular complexity index is 1950. The van der Waals surface area contributed by atoms with Gasteiger partial charge in [-0.05, 0) is 45.2 Å². The van der Waals surface area contributed by atoms with Gasteiger partial charge in [0.2, 0.25) is 11.2 Å². The molecule has 4 aromatic heterocycles. The molecule has 48 heavy (non-hydrogen) atoms. The van der Waals surface area contributed by atoms with E-state index in [1.165, 1.54) is 10.4 Å². The molecule has 0 bridgehead atoms. The Morgan fingerprint density at radius 2 is 1.50 bits per heavy atom. The summed E-state index contributed by atoms with van der Waals surface area (Å²) in [6, 6.07) is 26.4. The van der Waals surface area contributed by atoms with Gasteiger partial charge in [0, 0.05) is 50.6 Å². The van der Waals surface area contributed by atoms with Gasteiger partial charge in [-0.1, -0.05) is 101 Å². The Balaban J connectivity index is 1.33. The van der Waals surface area contributed by atoms with Crippen LogP contribution in [0, 0.1) is 0 Å². The number of hydrogen-bond acceptors (Lipinski definition) is 6. The Hall–Kier alpha value is -3.81. The lowest BCUT2D eigenvalue weighted by Gasteiger charge is -2.43. The lowest BCUT2D eigenvalue weighted by atomic mass is 10.1. The summed E-state index contributed by atoms with van der Waals surface area (Å²) in [4.78, 5) is 13.7. The second-order valence-electron chi connectivity index (χ2n) is 14.3. The molecule has 6 aromatic rings. The molecule has 6 rings (SSSR count). The van der Waals surface area contributed by atoms with Crippen molar-refractivity contribution in [2.75, 3.05) is 19.8 Å². The maximum Gasteiger partial charge on any atom is 0.261 e. The fraction of sp³-hybridized carbons (Fsp3) is 0.324. The Kier molecular flexibility index (Phi) is 9.92. The minimum Gasteiger partial charge on any atom is -0.475 e. The van der Waals surface area contributed by atoms with Crippen LogP contribution in [-0.2, 0) is 15.9 Å². The molecule has 4 heterocycles. The Labute approximate surface area is 289 Å². The standard InChI is InChI=1S/C37H44ClN5O3Si2/c1-37(2,3)48(29-13-9-7-10-14-29,30-15-11-8-12-16-30)46-22-21-45-35-33-31(28-17-18-32-39-19-20-42(32)25-28)26-43(34(33)40-36(38)41-35)27-44-23-24-47(4,5)6/h7-20,25-26H,21-24,27H2,1-6H3. The summed E-state index contributed by atoms with van der Waals surface area (Å²) in [5.74, 6) is 0.414. The Morgan fingerprint density at radius 1 is 0.812 bits per heavy atom. The second-order valence-corrected chi connectivity index (χ2v) is 24.6. The number of nitrogens with zero attached hydrogens (tertiary/aromatic N) is 5. The van der Waals surface area contributed by atoms with E-state index in [0.717, 1.165) is 28.2 Å². The van der Waals surface area contributed by atoms with Gasteiger partial charge in [-0.15, -0.1) is 0 Å². The van der Waals surface area contributed by atoms with Crippen LogP contribution in [0.3, 0.4) is 0 Å². The van der Waals surface area contributed by atoms with E-state index in [4.69, 9.17) is 25.5 Å².